The minimum absolute atomic E-state index is 0.204. The smallest absolute Gasteiger partial charge is 0.406 e. The first-order valence-electron chi connectivity index (χ1n) is 6.60. The van der Waals surface area contributed by atoms with Crippen LogP contribution in [0.2, 0.25) is 0 Å². The van der Waals surface area contributed by atoms with E-state index in [-0.39, 0.29) is 5.92 Å². The molecule has 0 radical (unpaired) electrons. The lowest BCUT2D eigenvalue weighted by Crippen LogP contribution is -2.22. The maximum Gasteiger partial charge on any atom is 0.406 e. The molecule has 110 valence electrons. The standard InChI is InChI=1S/C15H21NO4/c1-10(9-20-15(19)16-3)8-12-4-6-13(7-5-12)11(2)14(17)18/h4-7,10-11H,8-9H2,1-3H3,(H,16,19)(H,17,18). The molecule has 0 aliphatic heterocycles. The fraction of sp³-hybridized carbons (Fsp3) is 0.467. The molecule has 2 unspecified atom stereocenters. The van der Waals surface area contributed by atoms with Gasteiger partial charge in [-0.05, 0) is 30.4 Å². The van der Waals surface area contributed by atoms with Crippen LogP contribution >= 0.6 is 0 Å². The zero-order chi connectivity index (χ0) is 15.1. The first kappa shape index (κ1) is 16.0. The van der Waals surface area contributed by atoms with E-state index in [1.807, 2.05) is 31.2 Å². The van der Waals surface area contributed by atoms with Gasteiger partial charge < -0.3 is 15.2 Å². The fourth-order valence-electron chi connectivity index (χ4n) is 1.84. The van der Waals surface area contributed by atoms with Crippen LogP contribution in [0.5, 0.6) is 0 Å². The third-order valence-corrected chi connectivity index (χ3v) is 3.14. The number of carboxylic acids is 1. The molecule has 1 aromatic rings. The molecule has 0 aliphatic carbocycles. The molecular formula is C15H21NO4. The number of amides is 1. The van der Waals surface area contributed by atoms with Gasteiger partial charge in [0.25, 0.3) is 0 Å². The van der Waals surface area contributed by atoms with Crippen molar-refractivity contribution in [3.8, 4) is 0 Å². The summed E-state index contributed by atoms with van der Waals surface area (Å²) in [5.74, 6) is -1.13. The summed E-state index contributed by atoms with van der Waals surface area (Å²) in [6.45, 7) is 4.01. The number of carboxylic acid groups (broad SMARTS) is 1. The van der Waals surface area contributed by atoms with Crippen molar-refractivity contribution in [3.63, 3.8) is 0 Å². The third kappa shape index (κ3) is 4.91. The number of hydrogen-bond donors (Lipinski definition) is 2. The largest absolute Gasteiger partial charge is 0.481 e. The van der Waals surface area contributed by atoms with Gasteiger partial charge in [-0.2, -0.15) is 0 Å². The van der Waals surface area contributed by atoms with Crippen molar-refractivity contribution in [1.82, 2.24) is 5.32 Å². The zero-order valence-corrected chi connectivity index (χ0v) is 12.1. The van der Waals surface area contributed by atoms with E-state index in [2.05, 4.69) is 5.32 Å². The van der Waals surface area contributed by atoms with Crippen LogP contribution in [-0.2, 0) is 16.0 Å². The third-order valence-electron chi connectivity index (χ3n) is 3.14. The van der Waals surface area contributed by atoms with Gasteiger partial charge in [-0.3, -0.25) is 4.79 Å². The quantitative estimate of drug-likeness (QED) is 0.838. The van der Waals surface area contributed by atoms with E-state index >= 15 is 0 Å². The summed E-state index contributed by atoms with van der Waals surface area (Å²) in [5.41, 5.74) is 1.88. The lowest BCUT2D eigenvalue weighted by molar-refractivity contribution is -0.138. The van der Waals surface area contributed by atoms with E-state index in [1.54, 1.807) is 6.92 Å². The Morgan fingerprint density at radius 3 is 2.35 bits per heavy atom. The van der Waals surface area contributed by atoms with E-state index in [4.69, 9.17) is 9.84 Å². The van der Waals surface area contributed by atoms with Gasteiger partial charge in [0.1, 0.15) is 0 Å². The molecule has 0 bridgehead atoms. The molecule has 0 heterocycles. The average molecular weight is 279 g/mol. The Kier molecular flexibility index (Phi) is 6.03. The van der Waals surface area contributed by atoms with Gasteiger partial charge in [-0.25, -0.2) is 4.79 Å². The van der Waals surface area contributed by atoms with Gasteiger partial charge in [0, 0.05) is 7.05 Å². The first-order valence-corrected chi connectivity index (χ1v) is 6.60. The lowest BCUT2D eigenvalue weighted by atomic mass is 9.96. The molecule has 1 rings (SSSR count). The summed E-state index contributed by atoms with van der Waals surface area (Å²) >= 11 is 0. The monoisotopic (exact) mass is 279 g/mol. The molecule has 0 saturated heterocycles. The Balaban J connectivity index is 2.52. The number of benzene rings is 1. The van der Waals surface area contributed by atoms with Gasteiger partial charge in [0.2, 0.25) is 0 Å². The zero-order valence-electron chi connectivity index (χ0n) is 12.1. The molecule has 5 nitrogen and oxygen atoms in total. The van der Waals surface area contributed by atoms with Crippen molar-refractivity contribution >= 4 is 12.1 Å². The van der Waals surface area contributed by atoms with E-state index in [1.165, 1.54) is 7.05 Å². The molecule has 1 aromatic carbocycles. The van der Waals surface area contributed by atoms with Gasteiger partial charge >= 0.3 is 12.1 Å². The maximum atomic E-state index is 11.0. The van der Waals surface area contributed by atoms with Crippen molar-refractivity contribution in [3.05, 3.63) is 35.4 Å². The van der Waals surface area contributed by atoms with Crippen molar-refractivity contribution in [1.29, 1.82) is 0 Å². The summed E-state index contributed by atoms with van der Waals surface area (Å²) in [7, 11) is 1.52. The molecule has 5 heteroatoms. The highest BCUT2D eigenvalue weighted by atomic mass is 16.5. The summed E-state index contributed by atoms with van der Waals surface area (Å²) in [6, 6.07) is 7.51. The maximum absolute atomic E-state index is 11.0. The molecule has 1 amide bonds. The van der Waals surface area contributed by atoms with E-state index in [9.17, 15) is 9.59 Å². The van der Waals surface area contributed by atoms with E-state index in [0.29, 0.717) is 6.61 Å². The number of aliphatic carboxylic acids is 1. The Morgan fingerprint density at radius 2 is 1.85 bits per heavy atom. The number of carbonyl (C=O) groups is 2. The van der Waals surface area contributed by atoms with Crippen LogP contribution in [0.1, 0.15) is 30.9 Å². The molecular weight excluding hydrogens is 258 g/mol. The van der Waals surface area contributed by atoms with Crippen LogP contribution in [0.15, 0.2) is 24.3 Å². The number of hydrogen-bond acceptors (Lipinski definition) is 3. The normalized spacial score (nSPS) is 13.3. The summed E-state index contributed by atoms with van der Waals surface area (Å²) in [6.07, 6.45) is 0.348. The van der Waals surface area contributed by atoms with Gasteiger partial charge in [0.15, 0.2) is 0 Å². The number of carbonyl (C=O) groups excluding carboxylic acids is 1. The highest BCUT2D eigenvalue weighted by Gasteiger charge is 2.13. The summed E-state index contributed by atoms with van der Waals surface area (Å²) in [5, 5.41) is 11.3. The Labute approximate surface area is 118 Å². The van der Waals surface area contributed by atoms with Gasteiger partial charge in [0.05, 0.1) is 12.5 Å². The highest BCUT2D eigenvalue weighted by Crippen LogP contribution is 2.17. The average Bonchev–Trinajstić information content (AvgIpc) is 2.44. The van der Waals surface area contributed by atoms with Crippen LogP contribution in [0.25, 0.3) is 0 Å². The molecule has 0 saturated carbocycles. The van der Waals surface area contributed by atoms with Gasteiger partial charge in [-0.15, -0.1) is 0 Å². The second kappa shape index (κ2) is 7.53. The molecule has 2 atom stereocenters. The van der Waals surface area contributed by atoms with Crippen molar-refractivity contribution in [2.75, 3.05) is 13.7 Å². The molecule has 0 fully saturated rings. The van der Waals surface area contributed by atoms with E-state index in [0.717, 1.165) is 17.5 Å². The molecule has 20 heavy (non-hydrogen) atoms. The summed E-state index contributed by atoms with van der Waals surface area (Å²) in [4.78, 5) is 21.8. The van der Waals surface area contributed by atoms with Crippen LogP contribution in [0.3, 0.4) is 0 Å². The Morgan fingerprint density at radius 1 is 1.25 bits per heavy atom. The topological polar surface area (TPSA) is 75.6 Å². The molecule has 0 aliphatic rings. The predicted octanol–water partition coefficient (Wildman–Crippen LogP) is 2.41. The van der Waals surface area contributed by atoms with Crippen molar-refractivity contribution in [2.24, 2.45) is 5.92 Å². The SMILES string of the molecule is CNC(=O)OCC(C)Cc1ccc(C(C)C(=O)O)cc1. The number of ether oxygens (including phenoxy) is 1. The number of nitrogens with one attached hydrogen (secondary N) is 1. The Bertz CT molecular complexity index is 455. The minimum Gasteiger partial charge on any atom is -0.481 e. The van der Waals surface area contributed by atoms with Gasteiger partial charge in [-0.1, -0.05) is 31.2 Å². The Hall–Kier alpha value is -2.04. The van der Waals surface area contributed by atoms with Crippen LogP contribution < -0.4 is 5.32 Å². The van der Waals surface area contributed by atoms with Crippen LogP contribution in [0, 0.1) is 5.92 Å². The van der Waals surface area contributed by atoms with Crippen molar-refractivity contribution < 1.29 is 19.4 Å². The van der Waals surface area contributed by atoms with E-state index < -0.39 is 18.0 Å². The second-order valence-electron chi connectivity index (χ2n) is 4.96. The fourth-order valence-corrected chi connectivity index (χ4v) is 1.84. The number of alkyl carbamates (subject to hydrolysis) is 1. The van der Waals surface area contributed by atoms with Crippen molar-refractivity contribution in [2.45, 2.75) is 26.2 Å². The molecule has 0 spiro atoms. The second-order valence-corrected chi connectivity index (χ2v) is 4.96. The molecule has 0 aromatic heterocycles. The van der Waals surface area contributed by atoms with Crippen LogP contribution in [0.4, 0.5) is 4.79 Å². The minimum atomic E-state index is -0.829. The molecule has 2 N–H and O–H groups in total. The lowest BCUT2D eigenvalue weighted by Gasteiger charge is -2.13. The predicted molar refractivity (Wildman–Crippen MR) is 75.8 cm³/mol. The summed E-state index contributed by atoms with van der Waals surface area (Å²) < 4.78 is 4.99. The number of rotatable bonds is 6. The highest BCUT2D eigenvalue weighted by molar-refractivity contribution is 5.75. The first-order chi connectivity index (χ1) is 9.43. The van der Waals surface area contributed by atoms with Crippen LogP contribution in [-0.4, -0.2) is 30.8 Å².